The van der Waals surface area contributed by atoms with Gasteiger partial charge in [0, 0.05) is 19.5 Å². The second-order valence-electron chi connectivity index (χ2n) is 6.25. The number of hydrogen-bond acceptors (Lipinski definition) is 4. The van der Waals surface area contributed by atoms with Gasteiger partial charge in [0.05, 0.1) is 22.7 Å². The summed E-state index contributed by atoms with van der Waals surface area (Å²) in [6.45, 7) is 3.81. The van der Waals surface area contributed by atoms with E-state index in [0.717, 1.165) is 5.52 Å². The highest BCUT2D eigenvalue weighted by molar-refractivity contribution is 5.99. The standard InChI is InChI=1S/C17H19N5O2/c1-10(2)22-13(6-7-15(22)23)16(24)20-17-19-12-5-4-11(9-18)8-14(12)21(17)3/h4-5,8,10,13H,6-7H2,1-3H3,(H,19,20,24)/t13-/m0/s1. The molecule has 0 bridgehead atoms. The van der Waals surface area contributed by atoms with Crippen molar-refractivity contribution in [2.45, 2.75) is 38.8 Å². The molecular formula is C17H19N5O2. The Morgan fingerprint density at radius 1 is 1.46 bits per heavy atom. The molecule has 1 saturated heterocycles. The number of nitriles is 1. The van der Waals surface area contributed by atoms with Crippen LogP contribution in [0.2, 0.25) is 0 Å². The number of fused-ring (bicyclic) bond motifs is 1. The van der Waals surface area contributed by atoms with Crippen molar-refractivity contribution >= 4 is 28.8 Å². The van der Waals surface area contributed by atoms with Crippen molar-refractivity contribution in [1.82, 2.24) is 14.5 Å². The van der Waals surface area contributed by atoms with Crippen LogP contribution in [-0.4, -0.2) is 38.3 Å². The van der Waals surface area contributed by atoms with E-state index < -0.39 is 6.04 Å². The number of carbonyl (C=O) groups is 2. The van der Waals surface area contributed by atoms with E-state index in [1.807, 2.05) is 13.8 Å². The highest BCUT2D eigenvalue weighted by Gasteiger charge is 2.37. The summed E-state index contributed by atoms with van der Waals surface area (Å²) in [7, 11) is 1.78. The molecule has 2 amide bonds. The SMILES string of the molecule is CC(C)N1C(=O)CC[C@H]1C(=O)Nc1nc2ccc(C#N)cc2n1C. The number of nitrogens with one attached hydrogen (secondary N) is 1. The van der Waals surface area contributed by atoms with Gasteiger partial charge >= 0.3 is 0 Å². The number of anilines is 1. The average Bonchev–Trinajstić information content (AvgIpc) is 3.08. The molecule has 1 aromatic heterocycles. The lowest BCUT2D eigenvalue weighted by Gasteiger charge is -2.27. The Morgan fingerprint density at radius 2 is 2.21 bits per heavy atom. The average molecular weight is 325 g/mol. The van der Waals surface area contributed by atoms with Crippen LogP contribution in [0.25, 0.3) is 11.0 Å². The number of hydrogen-bond donors (Lipinski definition) is 1. The molecule has 7 nitrogen and oxygen atoms in total. The van der Waals surface area contributed by atoms with Gasteiger partial charge in [0.2, 0.25) is 17.8 Å². The molecule has 0 spiro atoms. The van der Waals surface area contributed by atoms with Gasteiger partial charge in [-0.1, -0.05) is 0 Å². The number of imidazole rings is 1. The maximum Gasteiger partial charge on any atom is 0.249 e. The van der Waals surface area contributed by atoms with Gasteiger partial charge in [-0.2, -0.15) is 5.26 Å². The first-order valence-corrected chi connectivity index (χ1v) is 7.91. The van der Waals surface area contributed by atoms with E-state index in [-0.39, 0.29) is 17.9 Å². The number of benzene rings is 1. The lowest BCUT2D eigenvalue weighted by molar-refractivity contribution is -0.135. The minimum atomic E-state index is -0.466. The lowest BCUT2D eigenvalue weighted by atomic mass is 10.2. The molecule has 1 fully saturated rings. The quantitative estimate of drug-likeness (QED) is 0.931. The Kier molecular flexibility index (Phi) is 3.97. The van der Waals surface area contributed by atoms with Gasteiger partial charge in [-0.25, -0.2) is 4.98 Å². The number of aromatic nitrogens is 2. The molecule has 124 valence electrons. The summed E-state index contributed by atoms with van der Waals surface area (Å²) in [6, 6.07) is 6.78. The summed E-state index contributed by atoms with van der Waals surface area (Å²) in [5.74, 6) is 0.190. The molecule has 24 heavy (non-hydrogen) atoms. The van der Waals surface area contributed by atoms with Gasteiger partial charge in [-0.15, -0.1) is 0 Å². The Bertz CT molecular complexity index is 862. The number of rotatable bonds is 3. The van der Waals surface area contributed by atoms with E-state index in [0.29, 0.717) is 29.9 Å². The van der Waals surface area contributed by atoms with Crippen molar-refractivity contribution in [2.24, 2.45) is 7.05 Å². The Labute approximate surface area is 139 Å². The summed E-state index contributed by atoms with van der Waals surface area (Å²) in [5, 5.41) is 11.8. The molecule has 2 aromatic rings. The molecule has 0 saturated carbocycles. The molecule has 7 heteroatoms. The second kappa shape index (κ2) is 5.96. The number of amides is 2. The predicted octanol–water partition coefficient (Wildman–Crippen LogP) is 1.78. The zero-order chi connectivity index (χ0) is 17.4. The zero-order valence-corrected chi connectivity index (χ0v) is 13.9. The van der Waals surface area contributed by atoms with E-state index in [9.17, 15) is 9.59 Å². The molecule has 1 atom stereocenters. The van der Waals surface area contributed by atoms with Crippen molar-refractivity contribution in [3.63, 3.8) is 0 Å². The molecule has 1 aromatic carbocycles. The molecule has 3 rings (SSSR count). The molecule has 0 aliphatic carbocycles. The van der Waals surface area contributed by atoms with Crippen LogP contribution in [0.15, 0.2) is 18.2 Å². The Balaban J connectivity index is 1.87. The normalized spacial score (nSPS) is 17.5. The summed E-state index contributed by atoms with van der Waals surface area (Å²) in [5.41, 5.74) is 2.01. The van der Waals surface area contributed by atoms with Crippen LogP contribution < -0.4 is 5.32 Å². The highest BCUT2D eigenvalue weighted by Crippen LogP contribution is 2.24. The Morgan fingerprint density at radius 3 is 2.88 bits per heavy atom. The first kappa shape index (κ1) is 16.0. The van der Waals surface area contributed by atoms with Crippen LogP contribution >= 0.6 is 0 Å². The third-order valence-corrected chi connectivity index (χ3v) is 4.36. The maximum absolute atomic E-state index is 12.6. The van der Waals surface area contributed by atoms with Gasteiger partial charge in [-0.05, 0) is 38.5 Å². The minimum absolute atomic E-state index is 0.00816. The molecule has 0 radical (unpaired) electrons. The smallest absolute Gasteiger partial charge is 0.249 e. The summed E-state index contributed by atoms with van der Waals surface area (Å²) in [6.07, 6.45) is 0.912. The summed E-state index contributed by atoms with van der Waals surface area (Å²) < 4.78 is 1.74. The number of carbonyl (C=O) groups excluding carboxylic acids is 2. The van der Waals surface area contributed by atoms with Crippen molar-refractivity contribution < 1.29 is 9.59 Å². The third-order valence-electron chi connectivity index (χ3n) is 4.36. The fraction of sp³-hybridized carbons (Fsp3) is 0.412. The van der Waals surface area contributed by atoms with Crippen LogP contribution in [0.4, 0.5) is 5.95 Å². The number of likely N-dealkylation sites (tertiary alicyclic amines) is 1. The van der Waals surface area contributed by atoms with Crippen molar-refractivity contribution in [2.75, 3.05) is 5.32 Å². The molecule has 1 aliphatic rings. The van der Waals surface area contributed by atoms with Crippen LogP contribution in [0.1, 0.15) is 32.3 Å². The second-order valence-corrected chi connectivity index (χ2v) is 6.25. The number of aryl methyl sites for hydroxylation is 1. The lowest BCUT2D eigenvalue weighted by Crippen LogP contribution is -2.45. The molecule has 1 aliphatic heterocycles. The van der Waals surface area contributed by atoms with E-state index in [1.54, 1.807) is 34.7 Å². The fourth-order valence-electron chi connectivity index (χ4n) is 3.17. The van der Waals surface area contributed by atoms with Crippen molar-refractivity contribution in [1.29, 1.82) is 5.26 Å². The molecule has 2 heterocycles. The molecular weight excluding hydrogens is 306 g/mol. The van der Waals surface area contributed by atoms with Crippen LogP contribution in [0.5, 0.6) is 0 Å². The van der Waals surface area contributed by atoms with E-state index in [1.165, 1.54) is 0 Å². The fourth-order valence-corrected chi connectivity index (χ4v) is 3.17. The summed E-state index contributed by atoms with van der Waals surface area (Å²) in [4.78, 5) is 30.6. The van der Waals surface area contributed by atoms with Gasteiger partial charge < -0.3 is 9.47 Å². The summed E-state index contributed by atoms with van der Waals surface area (Å²) >= 11 is 0. The van der Waals surface area contributed by atoms with Crippen molar-refractivity contribution in [3.8, 4) is 6.07 Å². The molecule has 1 N–H and O–H groups in total. The first-order chi connectivity index (χ1) is 11.4. The minimum Gasteiger partial charge on any atom is -0.328 e. The van der Waals surface area contributed by atoms with E-state index in [4.69, 9.17) is 5.26 Å². The van der Waals surface area contributed by atoms with Crippen LogP contribution in [-0.2, 0) is 16.6 Å². The zero-order valence-electron chi connectivity index (χ0n) is 13.9. The largest absolute Gasteiger partial charge is 0.328 e. The predicted molar refractivity (Wildman–Crippen MR) is 89.1 cm³/mol. The molecule has 0 unspecified atom stereocenters. The van der Waals surface area contributed by atoms with Crippen LogP contribution in [0, 0.1) is 11.3 Å². The highest BCUT2D eigenvalue weighted by atomic mass is 16.2. The Hall–Kier alpha value is -2.88. The number of nitrogens with zero attached hydrogens (tertiary/aromatic N) is 4. The van der Waals surface area contributed by atoms with E-state index >= 15 is 0 Å². The van der Waals surface area contributed by atoms with Gasteiger partial charge in [0.1, 0.15) is 6.04 Å². The monoisotopic (exact) mass is 325 g/mol. The van der Waals surface area contributed by atoms with Gasteiger partial charge in [-0.3, -0.25) is 14.9 Å². The first-order valence-electron chi connectivity index (χ1n) is 7.91. The van der Waals surface area contributed by atoms with Gasteiger partial charge in [0.15, 0.2) is 0 Å². The van der Waals surface area contributed by atoms with Crippen molar-refractivity contribution in [3.05, 3.63) is 23.8 Å². The maximum atomic E-state index is 12.6. The van der Waals surface area contributed by atoms with Crippen LogP contribution in [0.3, 0.4) is 0 Å². The topological polar surface area (TPSA) is 91.0 Å². The third kappa shape index (κ3) is 2.60. The van der Waals surface area contributed by atoms with E-state index in [2.05, 4.69) is 16.4 Å². The van der Waals surface area contributed by atoms with Gasteiger partial charge in [0.25, 0.3) is 0 Å².